The third-order valence-electron chi connectivity index (χ3n) is 15.7. The Balaban J connectivity index is 3.96. The van der Waals surface area contributed by atoms with E-state index in [1.807, 2.05) is 21.1 Å². The molecule has 0 bridgehead atoms. The molecule has 0 radical (unpaired) electrons. The fraction of sp³-hybridized carbons (Fsp3) is 0.824. The van der Waals surface area contributed by atoms with E-state index in [4.69, 9.17) is 18.9 Å². The molecule has 0 aliphatic heterocycles. The van der Waals surface area contributed by atoms with Gasteiger partial charge in [-0.05, 0) is 77.0 Å². The molecule has 9 heteroatoms. The van der Waals surface area contributed by atoms with Gasteiger partial charge in [-0.15, -0.1) is 0 Å². The van der Waals surface area contributed by atoms with Gasteiger partial charge in [-0.1, -0.05) is 306 Å². The van der Waals surface area contributed by atoms with Crippen molar-refractivity contribution in [2.24, 2.45) is 0 Å². The quantitative estimate of drug-likeness (QED) is 0.0195. The molecule has 0 aromatic rings. The van der Waals surface area contributed by atoms with Crippen LogP contribution < -0.4 is 5.11 Å². The van der Waals surface area contributed by atoms with Crippen LogP contribution in [-0.4, -0.2) is 82.3 Å². The van der Waals surface area contributed by atoms with E-state index in [9.17, 15) is 19.5 Å². The average Bonchev–Trinajstić information content (AvgIpc) is 3.46. The first-order valence-corrected chi connectivity index (χ1v) is 35.4. The van der Waals surface area contributed by atoms with E-state index in [0.29, 0.717) is 23.9 Å². The molecule has 0 rings (SSSR count). The van der Waals surface area contributed by atoms with Gasteiger partial charge in [0.1, 0.15) is 13.2 Å². The zero-order chi connectivity index (χ0) is 60.5. The summed E-state index contributed by atoms with van der Waals surface area (Å²) in [7, 11) is 5.93. The van der Waals surface area contributed by atoms with Crippen molar-refractivity contribution in [2.45, 2.75) is 347 Å². The van der Waals surface area contributed by atoms with E-state index in [0.717, 1.165) is 83.5 Å². The number of nitrogens with zero attached hydrogens (tertiary/aromatic N) is 1. The normalized spacial score (nSPS) is 13.0. The second-order valence-corrected chi connectivity index (χ2v) is 25.1. The molecular formula is C74H135NO8. The second-order valence-electron chi connectivity index (χ2n) is 25.1. The molecule has 0 saturated carbocycles. The number of ether oxygens (including phenoxy) is 4. The fourth-order valence-corrected chi connectivity index (χ4v) is 10.4. The Kier molecular flexibility index (Phi) is 62.6. The minimum atomic E-state index is -1.63. The average molecular weight is 1170 g/mol. The fourth-order valence-electron chi connectivity index (χ4n) is 10.4. The van der Waals surface area contributed by atoms with E-state index >= 15 is 0 Å². The summed E-state index contributed by atoms with van der Waals surface area (Å²) < 4.78 is 22.8. The molecule has 484 valence electrons. The van der Waals surface area contributed by atoms with E-state index < -0.39 is 24.3 Å². The number of likely N-dealkylation sites (N-methyl/N-ethyl adjacent to an activating group) is 1. The van der Waals surface area contributed by atoms with Crippen molar-refractivity contribution < 1.29 is 42.9 Å². The van der Waals surface area contributed by atoms with Crippen LogP contribution in [0.2, 0.25) is 0 Å². The number of carboxylic acid groups (broad SMARTS) is 1. The molecule has 0 heterocycles. The van der Waals surface area contributed by atoms with Gasteiger partial charge in [0.25, 0.3) is 0 Å². The van der Waals surface area contributed by atoms with Gasteiger partial charge < -0.3 is 33.3 Å². The second kappa shape index (κ2) is 65.0. The number of esters is 2. The lowest BCUT2D eigenvalue weighted by Crippen LogP contribution is -2.44. The van der Waals surface area contributed by atoms with Crippen LogP contribution >= 0.6 is 0 Å². The van der Waals surface area contributed by atoms with Crippen LogP contribution in [0.25, 0.3) is 0 Å². The summed E-state index contributed by atoms with van der Waals surface area (Å²) in [4.78, 5) is 37.4. The molecule has 0 N–H and O–H groups in total. The summed E-state index contributed by atoms with van der Waals surface area (Å²) in [5.41, 5.74) is 0. The van der Waals surface area contributed by atoms with Crippen LogP contribution in [0.5, 0.6) is 0 Å². The molecule has 83 heavy (non-hydrogen) atoms. The smallest absolute Gasteiger partial charge is 0.306 e. The Morgan fingerprint density at radius 1 is 0.373 bits per heavy atom. The van der Waals surface area contributed by atoms with Gasteiger partial charge >= 0.3 is 11.9 Å². The number of unbranched alkanes of at least 4 members (excludes halogenated alkanes) is 41. The Labute approximate surface area is 514 Å². The monoisotopic (exact) mass is 1170 g/mol. The maximum Gasteiger partial charge on any atom is 0.306 e. The van der Waals surface area contributed by atoms with Crippen LogP contribution in [-0.2, 0) is 33.3 Å². The van der Waals surface area contributed by atoms with Crippen LogP contribution in [0, 0.1) is 0 Å². The predicted molar refractivity (Wildman–Crippen MR) is 352 cm³/mol. The van der Waals surface area contributed by atoms with Crippen LogP contribution in [0.3, 0.4) is 0 Å². The Morgan fingerprint density at radius 3 is 1.04 bits per heavy atom. The van der Waals surface area contributed by atoms with Crippen LogP contribution in [0.4, 0.5) is 0 Å². The molecule has 0 amide bonds. The van der Waals surface area contributed by atoms with Crippen molar-refractivity contribution in [1.82, 2.24) is 0 Å². The molecule has 0 spiro atoms. The molecule has 2 atom stereocenters. The zero-order valence-electron chi connectivity index (χ0n) is 55.3. The third-order valence-corrected chi connectivity index (χ3v) is 15.7. The van der Waals surface area contributed by atoms with E-state index in [1.54, 1.807) is 0 Å². The van der Waals surface area contributed by atoms with Crippen LogP contribution in [0.1, 0.15) is 335 Å². The highest BCUT2D eigenvalue weighted by atomic mass is 16.7. The van der Waals surface area contributed by atoms with Gasteiger partial charge in [0.2, 0.25) is 0 Å². The maximum absolute atomic E-state index is 12.9. The van der Waals surface area contributed by atoms with E-state index in [2.05, 4.69) is 74.6 Å². The summed E-state index contributed by atoms with van der Waals surface area (Å²) in [6.07, 6.45) is 81.9. The number of carbonyl (C=O) groups excluding carboxylic acids is 3. The first-order valence-electron chi connectivity index (χ1n) is 35.4. The topological polar surface area (TPSA) is 111 Å². The number of carbonyl (C=O) groups is 3. The van der Waals surface area contributed by atoms with Crippen molar-refractivity contribution in [3.05, 3.63) is 60.8 Å². The summed E-state index contributed by atoms with van der Waals surface area (Å²) in [6.45, 7) is 4.66. The maximum atomic E-state index is 12.9. The van der Waals surface area contributed by atoms with Crippen molar-refractivity contribution in [3.63, 3.8) is 0 Å². The first-order chi connectivity index (χ1) is 40.6. The molecule has 9 nitrogen and oxygen atoms in total. The number of carboxylic acids is 1. The number of hydrogen-bond donors (Lipinski definition) is 0. The number of rotatable bonds is 66. The molecule has 0 aromatic carbocycles. The van der Waals surface area contributed by atoms with Crippen molar-refractivity contribution in [1.29, 1.82) is 0 Å². The first kappa shape index (κ1) is 80.0. The van der Waals surface area contributed by atoms with Gasteiger partial charge in [-0.3, -0.25) is 9.59 Å². The predicted octanol–water partition coefficient (Wildman–Crippen LogP) is 20.6. The summed E-state index contributed by atoms with van der Waals surface area (Å²) in [5, 5.41) is 11.8. The number of allylic oxidation sites excluding steroid dienone is 10. The SMILES string of the molecule is CC/C=C\C/C=C\C/C=C\C/C=C\CCCCCCCCC(=O)OC(COC(=O)CCCCCCCCCCCCCCCCCCCCCCCCCCCCC/C=C\CCCCCCCCCC)COC(OCC[N+](C)(C)C)C(=O)[O-]. The van der Waals surface area contributed by atoms with E-state index in [-0.39, 0.29) is 32.2 Å². The van der Waals surface area contributed by atoms with E-state index in [1.165, 1.54) is 218 Å². The highest BCUT2D eigenvalue weighted by Crippen LogP contribution is 2.18. The third kappa shape index (κ3) is 66.4. The standard InChI is InChI=1S/C74H135NO8/c1-6-8-10-12-14-16-18-20-22-24-26-27-28-29-30-31-32-33-34-35-36-37-38-39-40-41-42-43-44-45-47-48-50-52-54-56-58-60-62-64-71(76)81-68-70(69-82-74(73(78)79)80-67-66-75(3,4)5)83-72(77)65-63-61-59-57-55-53-51-49-46-25-23-21-19-17-15-13-11-9-7-2/h9,11,15,17,21,23-24,26,46,49,70,74H,6-8,10,12-14,16,18-20,22,25,27-45,47-48,50-69H2,1-5H3/b11-9-,17-15-,23-21-,26-24-,49-46-. The highest BCUT2D eigenvalue weighted by molar-refractivity contribution is 5.70. The summed E-state index contributed by atoms with van der Waals surface area (Å²) >= 11 is 0. The van der Waals surface area contributed by atoms with Gasteiger partial charge in [0, 0.05) is 12.8 Å². The molecule has 0 aromatic heterocycles. The van der Waals surface area contributed by atoms with Gasteiger partial charge in [-0.25, -0.2) is 0 Å². The zero-order valence-corrected chi connectivity index (χ0v) is 55.3. The summed E-state index contributed by atoms with van der Waals surface area (Å²) in [5.74, 6) is -2.29. The minimum absolute atomic E-state index is 0.144. The van der Waals surface area contributed by atoms with Gasteiger partial charge in [0.15, 0.2) is 12.4 Å². The molecular weight excluding hydrogens is 1030 g/mol. The molecule has 0 fully saturated rings. The lowest BCUT2D eigenvalue weighted by atomic mass is 10.0. The number of hydrogen-bond acceptors (Lipinski definition) is 8. The largest absolute Gasteiger partial charge is 0.545 e. The lowest BCUT2D eigenvalue weighted by Gasteiger charge is -2.26. The highest BCUT2D eigenvalue weighted by Gasteiger charge is 2.22. The Hall–Kier alpha value is -3.01. The van der Waals surface area contributed by atoms with Crippen molar-refractivity contribution >= 4 is 17.9 Å². The van der Waals surface area contributed by atoms with Crippen molar-refractivity contribution in [2.75, 3.05) is 47.5 Å². The van der Waals surface area contributed by atoms with Gasteiger partial charge in [-0.2, -0.15) is 0 Å². The molecule has 0 aliphatic carbocycles. The molecule has 2 unspecified atom stereocenters. The number of quaternary nitrogens is 1. The van der Waals surface area contributed by atoms with Crippen LogP contribution in [0.15, 0.2) is 60.8 Å². The minimum Gasteiger partial charge on any atom is -0.545 e. The van der Waals surface area contributed by atoms with Gasteiger partial charge in [0.05, 0.1) is 40.3 Å². The molecule has 0 saturated heterocycles. The summed E-state index contributed by atoms with van der Waals surface area (Å²) in [6, 6.07) is 0. The number of aliphatic carboxylic acids is 1. The Bertz CT molecular complexity index is 1550. The Morgan fingerprint density at radius 2 is 0.687 bits per heavy atom. The lowest BCUT2D eigenvalue weighted by molar-refractivity contribution is -0.870. The molecule has 0 aliphatic rings. The van der Waals surface area contributed by atoms with Crippen molar-refractivity contribution in [3.8, 4) is 0 Å².